The number of hydrogen-bond donors (Lipinski definition) is 2. The lowest BCUT2D eigenvalue weighted by Gasteiger charge is -2.32. The van der Waals surface area contributed by atoms with Gasteiger partial charge >= 0.3 is 0 Å². The lowest BCUT2D eigenvalue weighted by molar-refractivity contribution is -0.900. The maximum atomic E-state index is 9.10. The molecule has 0 radical (unpaired) electrons. The second kappa shape index (κ2) is 6.95. The van der Waals surface area contributed by atoms with E-state index in [4.69, 9.17) is 16.7 Å². The number of fused-ring (bicyclic) bond motifs is 1. The molecule has 8 heteroatoms. The highest BCUT2D eigenvalue weighted by atomic mass is 35.5. The molecular weight excluding hydrogens is 340 g/mol. The largest absolute Gasteiger partial charge is 0.391 e. The van der Waals surface area contributed by atoms with Gasteiger partial charge in [-0.3, -0.25) is 0 Å². The Balaban J connectivity index is 1.65. The number of halogens is 1. The van der Waals surface area contributed by atoms with Crippen molar-refractivity contribution in [2.45, 2.75) is 0 Å². The highest BCUT2D eigenvalue weighted by Crippen LogP contribution is 2.25. The Bertz CT molecular complexity index is 857. The molecule has 0 unspecified atom stereocenters. The van der Waals surface area contributed by atoms with E-state index in [1.807, 2.05) is 35.1 Å². The van der Waals surface area contributed by atoms with E-state index in [-0.39, 0.29) is 6.61 Å². The zero-order valence-corrected chi connectivity index (χ0v) is 14.5. The molecule has 2 N–H and O–H groups in total. The molecule has 25 heavy (non-hydrogen) atoms. The molecule has 0 atom stereocenters. The Kier molecular flexibility index (Phi) is 4.52. The zero-order chi connectivity index (χ0) is 17.2. The van der Waals surface area contributed by atoms with Gasteiger partial charge in [-0.1, -0.05) is 11.6 Å². The molecule has 130 valence electrons. The van der Waals surface area contributed by atoms with E-state index in [1.165, 1.54) is 4.90 Å². The first-order chi connectivity index (χ1) is 12.3. The van der Waals surface area contributed by atoms with Gasteiger partial charge in [-0.25, -0.2) is 14.6 Å². The van der Waals surface area contributed by atoms with Crippen LogP contribution >= 0.6 is 11.6 Å². The van der Waals surface area contributed by atoms with Crippen LogP contribution < -0.4 is 9.80 Å². The fourth-order valence-electron chi connectivity index (χ4n) is 3.30. The molecule has 0 aliphatic carbocycles. The Hall–Kier alpha value is -2.22. The van der Waals surface area contributed by atoms with Crippen LogP contribution in [0.2, 0.25) is 5.02 Å². The van der Waals surface area contributed by atoms with E-state index in [0.29, 0.717) is 5.02 Å². The van der Waals surface area contributed by atoms with Gasteiger partial charge in [-0.05, 0) is 24.3 Å². The van der Waals surface area contributed by atoms with Crippen LogP contribution in [-0.2, 0) is 0 Å². The fourth-order valence-corrected chi connectivity index (χ4v) is 3.42. The number of nitrogens with zero attached hydrogens (tertiary/aromatic N) is 5. The lowest BCUT2D eigenvalue weighted by Crippen LogP contribution is -3.15. The average molecular weight is 360 g/mol. The Morgan fingerprint density at radius 1 is 1.12 bits per heavy atom. The Morgan fingerprint density at radius 2 is 1.88 bits per heavy atom. The van der Waals surface area contributed by atoms with Gasteiger partial charge in [0.05, 0.1) is 50.1 Å². The highest BCUT2D eigenvalue weighted by Gasteiger charge is 2.23. The number of hydrogen-bond acceptors (Lipinski definition) is 5. The summed E-state index contributed by atoms with van der Waals surface area (Å²) >= 11 is 5.97. The molecular formula is C17H20ClN6O+. The summed E-state index contributed by atoms with van der Waals surface area (Å²) in [5, 5.41) is 15.2. The van der Waals surface area contributed by atoms with Gasteiger partial charge in [0.1, 0.15) is 18.7 Å². The van der Waals surface area contributed by atoms with E-state index < -0.39 is 0 Å². The quantitative estimate of drug-likeness (QED) is 0.694. The first-order valence-electron chi connectivity index (χ1n) is 8.40. The maximum Gasteiger partial charge on any atom is 0.168 e. The van der Waals surface area contributed by atoms with Gasteiger partial charge in [-0.15, -0.1) is 0 Å². The number of nitrogens with one attached hydrogen (secondary N) is 1. The molecule has 7 nitrogen and oxygen atoms in total. The van der Waals surface area contributed by atoms with Crippen LogP contribution in [0.3, 0.4) is 0 Å². The minimum absolute atomic E-state index is 0.237. The van der Waals surface area contributed by atoms with Crippen molar-refractivity contribution in [1.82, 2.24) is 19.7 Å². The van der Waals surface area contributed by atoms with Gasteiger partial charge in [-0.2, -0.15) is 5.10 Å². The summed E-state index contributed by atoms with van der Waals surface area (Å²) in [6.45, 7) is 4.86. The van der Waals surface area contributed by atoms with E-state index >= 15 is 0 Å². The third-order valence-electron chi connectivity index (χ3n) is 4.65. The Labute approximate surface area is 150 Å². The number of aromatic nitrogens is 4. The molecule has 1 aliphatic heterocycles. The lowest BCUT2D eigenvalue weighted by atomic mass is 10.2. The van der Waals surface area contributed by atoms with Crippen molar-refractivity contribution >= 4 is 28.5 Å². The van der Waals surface area contributed by atoms with Crippen LogP contribution in [0.4, 0.5) is 5.82 Å². The standard InChI is InChI=1S/C17H19ClN6O/c18-13-1-3-14(4-2-13)24-17-15(11-21-24)16(19-12-20-17)23-7-5-22(6-8-23)9-10-25/h1-4,11-12,25H,5-10H2/p+1. The smallest absolute Gasteiger partial charge is 0.168 e. The predicted molar refractivity (Wildman–Crippen MR) is 96.5 cm³/mol. The molecule has 4 rings (SSSR count). The average Bonchev–Trinajstić information content (AvgIpc) is 3.08. The van der Waals surface area contributed by atoms with Crippen molar-refractivity contribution in [1.29, 1.82) is 0 Å². The van der Waals surface area contributed by atoms with Gasteiger partial charge in [0, 0.05) is 5.02 Å². The third-order valence-corrected chi connectivity index (χ3v) is 4.90. The summed E-state index contributed by atoms with van der Waals surface area (Å²) in [5.74, 6) is 0.924. The molecule has 1 aromatic carbocycles. The molecule has 0 amide bonds. The van der Waals surface area contributed by atoms with Crippen LogP contribution in [0.1, 0.15) is 0 Å². The number of aliphatic hydroxyl groups is 1. The van der Waals surface area contributed by atoms with E-state index in [9.17, 15) is 0 Å². The number of anilines is 1. The Morgan fingerprint density at radius 3 is 2.60 bits per heavy atom. The summed E-state index contributed by atoms with van der Waals surface area (Å²) in [7, 11) is 0. The topological polar surface area (TPSA) is 71.5 Å². The fraction of sp³-hybridized carbons (Fsp3) is 0.353. The van der Waals surface area contributed by atoms with Crippen LogP contribution in [0.15, 0.2) is 36.8 Å². The van der Waals surface area contributed by atoms with Gasteiger partial charge in [0.2, 0.25) is 0 Å². The summed E-state index contributed by atoms with van der Waals surface area (Å²) < 4.78 is 1.81. The molecule has 0 bridgehead atoms. The van der Waals surface area contributed by atoms with Crippen molar-refractivity contribution in [2.24, 2.45) is 0 Å². The van der Waals surface area contributed by atoms with E-state index in [0.717, 1.165) is 55.3 Å². The molecule has 1 aliphatic rings. The van der Waals surface area contributed by atoms with Gasteiger partial charge < -0.3 is 14.9 Å². The zero-order valence-electron chi connectivity index (χ0n) is 13.8. The second-order valence-electron chi connectivity index (χ2n) is 6.18. The van der Waals surface area contributed by atoms with E-state index in [1.54, 1.807) is 6.33 Å². The molecule has 3 aromatic rings. The predicted octanol–water partition coefficient (Wildman–Crippen LogP) is 0.166. The monoisotopic (exact) mass is 359 g/mol. The minimum atomic E-state index is 0.237. The van der Waals surface area contributed by atoms with Crippen molar-refractivity contribution in [3.05, 3.63) is 41.8 Å². The van der Waals surface area contributed by atoms with Crippen LogP contribution in [-0.4, -0.2) is 64.2 Å². The van der Waals surface area contributed by atoms with Crippen molar-refractivity contribution in [3.63, 3.8) is 0 Å². The van der Waals surface area contributed by atoms with Crippen molar-refractivity contribution in [2.75, 3.05) is 44.2 Å². The molecule has 0 saturated carbocycles. The second-order valence-corrected chi connectivity index (χ2v) is 6.61. The van der Waals surface area contributed by atoms with Crippen LogP contribution in [0.5, 0.6) is 0 Å². The number of quaternary nitrogens is 1. The molecule has 0 spiro atoms. The number of benzene rings is 1. The van der Waals surface area contributed by atoms with Crippen LogP contribution in [0.25, 0.3) is 16.7 Å². The maximum absolute atomic E-state index is 9.10. The normalized spacial score (nSPS) is 15.8. The molecule has 1 fully saturated rings. The molecule has 1 saturated heterocycles. The summed E-state index contributed by atoms with van der Waals surface area (Å²) in [6, 6.07) is 7.53. The van der Waals surface area contributed by atoms with Gasteiger partial charge in [0.15, 0.2) is 5.65 Å². The SMILES string of the molecule is OCC[NH+]1CCN(c2ncnc3c2cnn3-c2ccc(Cl)cc2)CC1. The van der Waals surface area contributed by atoms with Crippen molar-refractivity contribution in [3.8, 4) is 5.69 Å². The van der Waals surface area contributed by atoms with Gasteiger partial charge in [0.25, 0.3) is 0 Å². The molecule has 3 heterocycles. The summed E-state index contributed by atoms with van der Waals surface area (Å²) in [4.78, 5) is 12.6. The van der Waals surface area contributed by atoms with Crippen LogP contribution in [0, 0.1) is 0 Å². The minimum Gasteiger partial charge on any atom is -0.391 e. The number of rotatable bonds is 4. The first-order valence-corrected chi connectivity index (χ1v) is 8.78. The molecule has 2 aromatic heterocycles. The third kappa shape index (κ3) is 3.18. The first kappa shape index (κ1) is 16.3. The van der Waals surface area contributed by atoms with Crippen molar-refractivity contribution < 1.29 is 10.0 Å². The highest BCUT2D eigenvalue weighted by molar-refractivity contribution is 6.30. The van der Waals surface area contributed by atoms with E-state index in [2.05, 4.69) is 20.0 Å². The number of aliphatic hydroxyl groups excluding tert-OH is 1. The number of piperazine rings is 1. The summed E-state index contributed by atoms with van der Waals surface area (Å²) in [6.07, 6.45) is 3.42. The summed E-state index contributed by atoms with van der Waals surface area (Å²) in [5.41, 5.74) is 1.71.